The summed E-state index contributed by atoms with van der Waals surface area (Å²) in [5, 5.41) is 3.13. The quantitative estimate of drug-likeness (QED) is 0.937. The minimum atomic E-state index is -0.368. The molecule has 0 aliphatic rings. The number of anilines is 1. The Morgan fingerprint density at radius 3 is 2.74 bits per heavy atom. The Morgan fingerprint density at radius 1 is 1.32 bits per heavy atom. The fourth-order valence-corrected chi connectivity index (χ4v) is 1.59. The molecule has 0 atom stereocenters. The molecule has 2 aromatic rings. The summed E-state index contributed by atoms with van der Waals surface area (Å²) in [4.78, 5) is 20.1. The van der Waals surface area contributed by atoms with Crippen LogP contribution in [0.1, 0.15) is 16.2 Å². The van der Waals surface area contributed by atoms with E-state index in [0.29, 0.717) is 16.6 Å². The number of methoxy groups -OCH3 is 1. The Hall–Kier alpha value is -2.14. The Labute approximate surface area is 115 Å². The zero-order valence-electron chi connectivity index (χ0n) is 10.5. The van der Waals surface area contributed by atoms with Crippen LogP contribution in [-0.4, -0.2) is 23.0 Å². The van der Waals surface area contributed by atoms with Crippen LogP contribution in [0.2, 0.25) is 5.02 Å². The van der Waals surface area contributed by atoms with Crippen molar-refractivity contribution < 1.29 is 9.53 Å². The van der Waals surface area contributed by atoms with Crippen LogP contribution in [0.3, 0.4) is 0 Å². The number of aromatic nitrogens is 2. The molecule has 2 rings (SSSR count). The predicted molar refractivity (Wildman–Crippen MR) is 72.7 cm³/mol. The van der Waals surface area contributed by atoms with Crippen molar-refractivity contribution in [3.8, 4) is 5.75 Å². The number of nitrogens with zero attached hydrogens (tertiary/aromatic N) is 2. The number of pyridine rings is 2. The second-order valence-corrected chi connectivity index (χ2v) is 4.26. The monoisotopic (exact) mass is 277 g/mol. The van der Waals surface area contributed by atoms with Gasteiger partial charge in [0.1, 0.15) is 5.69 Å². The van der Waals surface area contributed by atoms with Gasteiger partial charge in [-0.3, -0.25) is 4.79 Å². The predicted octanol–water partition coefficient (Wildman–Crippen LogP) is 2.70. The van der Waals surface area contributed by atoms with E-state index in [1.165, 1.54) is 13.3 Å². The number of ether oxygens (including phenoxy) is 1. The molecule has 0 aliphatic carbocycles. The van der Waals surface area contributed by atoms with Gasteiger partial charge >= 0.3 is 0 Å². The van der Waals surface area contributed by atoms with Crippen LogP contribution >= 0.6 is 11.6 Å². The van der Waals surface area contributed by atoms with E-state index >= 15 is 0 Å². The van der Waals surface area contributed by atoms with E-state index in [1.54, 1.807) is 24.3 Å². The fourth-order valence-electron chi connectivity index (χ4n) is 1.48. The van der Waals surface area contributed by atoms with Gasteiger partial charge in [-0.1, -0.05) is 11.6 Å². The molecule has 2 heterocycles. The number of amides is 1. The Morgan fingerprint density at radius 2 is 2.11 bits per heavy atom. The highest BCUT2D eigenvalue weighted by molar-refractivity contribution is 6.30. The maximum Gasteiger partial charge on any atom is 0.275 e. The first kappa shape index (κ1) is 13.3. The van der Waals surface area contributed by atoms with Crippen molar-refractivity contribution in [1.29, 1.82) is 0 Å². The largest absolute Gasteiger partial charge is 0.493 e. The number of rotatable bonds is 3. The number of nitrogens with one attached hydrogen (secondary N) is 1. The molecular weight excluding hydrogens is 266 g/mol. The summed E-state index contributed by atoms with van der Waals surface area (Å²) in [6.07, 6.45) is 1.41. The van der Waals surface area contributed by atoms with Crippen molar-refractivity contribution in [2.24, 2.45) is 0 Å². The Kier molecular flexibility index (Phi) is 3.97. The van der Waals surface area contributed by atoms with E-state index in [2.05, 4.69) is 15.3 Å². The molecule has 0 spiro atoms. The van der Waals surface area contributed by atoms with Crippen LogP contribution in [0.15, 0.2) is 30.5 Å². The molecule has 98 valence electrons. The van der Waals surface area contributed by atoms with Crippen LogP contribution in [0.25, 0.3) is 0 Å². The standard InChI is InChI=1S/C13H12ClN3O2/c1-8-3-6-11(19-2)12(16-8)17-13(18)10-5-4-9(14)7-15-10/h3-7H,1-2H3,(H,16,17,18). The molecule has 6 heteroatoms. The highest BCUT2D eigenvalue weighted by Gasteiger charge is 2.12. The topological polar surface area (TPSA) is 64.1 Å². The summed E-state index contributed by atoms with van der Waals surface area (Å²) in [5.41, 5.74) is 1.04. The van der Waals surface area contributed by atoms with Crippen molar-refractivity contribution in [3.05, 3.63) is 46.9 Å². The molecule has 0 fully saturated rings. The highest BCUT2D eigenvalue weighted by Crippen LogP contribution is 2.22. The number of halogens is 1. The first-order chi connectivity index (χ1) is 9.10. The van der Waals surface area contributed by atoms with Crippen LogP contribution < -0.4 is 10.1 Å². The lowest BCUT2D eigenvalue weighted by Crippen LogP contribution is -2.15. The first-order valence-corrected chi connectivity index (χ1v) is 5.92. The van der Waals surface area contributed by atoms with Crippen molar-refractivity contribution in [3.63, 3.8) is 0 Å². The van der Waals surface area contributed by atoms with Crippen molar-refractivity contribution in [2.45, 2.75) is 6.92 Å². The normalized spacial score (nSPS) is 10.1. The number of carbonyl (C=O) groups is 1. The average molecular weight is 278 g/mol. The summed E-state index contributed by atoms with van der Waals surface area (Å²) in [6, 6.07) is 6.69. The molecule has 19 heavy (non-hydrogen) atoms. The third kappa shape index (κ3) is 3.20. The molecule has 5 nitrogen and oxygen atoms in total. The van der Waals surface area contributed by atoms with Gasteiger partial charge in [-0.15, -0.1) is 0 Å². The molecule has 0 saturated heterocycles. The average Bonchev–Trinajstić information content (AvgIpc) is 2.39. The van der Waals surface area contributed by atoms with Gasteiger partial charge in [-0.05, 0) is 31.2 Å². The van der Waals surface area contributed by atoms with Gasteiger partial charge in [0.2, 0.25) is 0 Å². The van der Waals surface area contributed by atoms with E-state index < -0.39 is 0 Å². The minimum absolute atomic E-state index is 0.259. The van der Waals surface area contributed by atoms with Gasteiger partial charge in [-0.25, -0.2) is 9.97 Å². The summed E-state index contributed by atoms with van der Waals surface area (Å²) < 4.78 is 5.14. The molecule has 1 amide bonds. The lowest BCUT2D eigenvalue weighted by Gasteiger charge is -2.09. The lowest BCUT2D eigenvalue weighted by molar-refractivity contribution is 0.102. The van der Waals surface area contributed by atoms with Crippen LogP contribution in [0.5, 0.6) is 5.75 Å². The van der Waals surface area contributed by atoms with Gasteiger partial charge in [0.25, 0.3) is 5.91 Å². The third-order valence-corrected chi connectivity index (χ3v) is 2.63. The molecule has 0 aliphatic heterocycles. The first-order valence-electron chi connectivity index (χ1n) is 5.54. The fraction of sp³-hybridized carbons (Fsp3) is 0.154. The summed E-state index contributed by atoms with van der Waals surface area (Å²) in [7, 11) is 1.52. The smallest absolute Gasteiger partial charge is 0.275 e. The molecule has 0 bridgehead atoms. The number of hydrogen-bond acceptors (Lipinski definition) is 4. The van der Waals surface area contributed by atoms with E-state index in [-0.39, 0.29) is 11.6 Å². The number of aryl methyl sites for hydroxylation is 1. The molecule has 0 aromatic carbocycles. The third-order valence-electron chi connectivity index (χ3n) is 2.41. The van der Waals surface area contributed by atoms with Crippen LogP contribution in [0.4, 0.5) is 5.82 Å². The van der Waals surface area contributed by atoms with Crippen molar-refractivity contribution in [1.82, 2.24) is 9.97 Å². The van der Waals surface area contributed by atoms with Gasteiger partial charge in [0.15, 0.2) is 11.6 Å². The molecule has 0 unspecified atom stereocenters. The van der Waals surface area contributed by atoms with Gasteiger partial charge in [0, 0.05) is 11.9 Å². The molecule has 0 radical (unpaired) electrons. The highest BCUT2D eigenvalue weighted by atomic mass is 35.5. The number of carbonyl (C=O) groups excluding carboxylic acids is 1. The second-order valence-electron chi connectivity index (χ2n) is 3.82. The zero-order chi connectivity index (χ0) is 13.8. The SMILES string of the molecule is COc1ccc(C)nc1NC(=O)c1ccc(Cl)cn1. The maximum atomic E-state index is 12.0. The van der Waals surface area contributed by atoms with Crippen LogP contribution in [0, 0.1) is 6.92 Å². The van der Waals surface area contributed by atoms with Crippen LogP contribution in [-0.2, 0) is 0 Å². The Balaban J connectivity index is 2.23. The Bertz CT molecular complexity index is 599. The van der Waals surface area contributed by atoms with E-state index in [9.17, 15) is 4.79 Å². The van der Waals surface area contributed by atoms with Crippen molar-refractivity contribution in [2.75, 3.05) is 12.4 Å². The molecule has 2 aromatic heterocycles. The molecular formula is C13H12ClN3O2. The molecule has 0 saturated carbocycles. The zero-order valence-corrected chi connectivity index (χ0v) is 11.2. The number of hydrogen-bond donors (Lipinski definition) is 1. The van der Waals surface area contributed by atoms with E-state index in [0.717, 1.165) is 5.69 Å². The molecule has 1 N–H and O–H groups in total. The van der Waals surface area contributed by atoms with Crippen molar-refractivity contribution >= 4 is 23.3 Å². The van der Waals surface area contributed by atoms with Gasteiger partial charge in [-0.2, -0.15) is 0 Å². The van der Waals surface area contributed by atoms with E-state index in [4.69, 9.17) is 16.3 Å². The summed E-state index contributed by atoms with van der Waals surface area (Å²) in [6.45, 7) is 1.83. The summed E-state index contributed by atoms with van der Waals surface area (Å²) >= 11 is 5.72. The van der Waals surface area contributed by atoms with Gasteiger partial charge in [0.05, 0.1) is 12.1 Å². The maximum absolute atomic E-state index is 12.0. The lowest BCUT2D eigenvalue weighted by atomic mass is 10.3. The second kappa shape index (κ2) is 5.67. The minimum Gasteiger partial charge on any atom is -0.493 e. The van der Waals surface area contributed by atoms with E-state index in [1.807, 2.05) is 6.92 Å². The summed E-state index contributed by atoms with van der Waals surface area (Å²) in [5.74, 6) is 0.491. The van der Waals surface area contributed by atoms with Gasteiger partial charge < -0.3 is 10.1 Å².